The average molecular weight is 383 g/mol. The zero-order chi connectivity index (χ0) is 19.9. The van der Waals surface area contributed by atoms with Crippen molar-refractivity contribution < 1.29 is 14.4 Å². The number of nitrogens with zero attached hydrogens (tertiary/aromatic N) is 2. The molecule has 0 unspecified atom stereocenters. The first-order valence-electron chi connectivity index (χ1n) is 10.2. The number of carbonyl (C=O) groups is 3. The van der Waals surface area contributed by atoms with Crippen LogP contribution in [-0.4, -0.2) is 53.7 Å². The van der Waals surface area contributed by atoms with Crippen LogP contribution < -0.4 is 5.32 Å². The number of rotatable bonds is 4. The number of hydrogen-bond donors (Lipinski definition) is 1. The molecule has 0 spiro atoms. The van der Waals surface area contributed by atoms with Gasteiger partial charge in [0.2, 0.25) is 17.7 Å². The Balaban J connectivity index is 1.47. The van der Waals surface area contributed by atoms with E-state index in [0.717, 1.165) is 36.9 Å². The lowest BCUT2D eigenvalue weighted by Gasteiger charge is -2.36. The molecule has 6 heteroatoms. The predicted octanol–water partition coefficient (Wildman–Crippen LogP) is 2.91. The van der Waals surface area contributed by atoms with E-state index in [-0.39, 0.29) is 23.6 Å². The van der Waals surface area contributed by atoms with Crippen molar-refractivity contribution in [3.63, 3.8) is 0 Å². The summed E-state index contributed by atoms with van der Waals surface area (Å²) in [5.41, 5.74) is 1.63. The smallest absolute Gasteiger partial charge is 0.246 e. The maximum atomic E-state index is 12.6. The second kappa shape index (κ2) is 9.53. The Morgan fingerprint density at radius 3 is 2.14 bits per heavy atom. The van der Waals surface area contributed by atoms with E-state index in [9.17, 15) is 14.4 Å². The Hall–Kier alpha value is -2.63. The van der Waals surface area contributed by atoms with E-state index in [1.54, 1.807) is 29.2 Å². The molecule has 1 saturated heterocycles. The normalized spacial score (nSPS) is 18.3. The number of carbonyl (C=O) groups excluding carboxylic acids is 3. The van der Waals surface area contributed by atoms with Crippen LogP contribution >= 0.6 is 0 Å². The Kier molecular flexibility index (Phi) is 6.85. The number of amides is 3. The van der Waals surface area contributed by atoms with Crippen molar-refractivity contribution in [3.8, 4) is 0 Å². The molecule has 3 rings (SSSR count). The summed E-state index contributed by atoms with van der Waals surface area (Å²) in [5.74, 6) is 0.327. The zero-order valence-corrected chi connectivity index (χ0v) is 16.5. The topological polar surface area (TPSA) is 69.7 Å². The van der Waals surface area contributed by atoms with Crippen molar-refractivity contribution in [1.29, 1.82) is 0 Å². The summed E-state index contributed by atoms with van der Waals surface area (Å²) < 4.78 is 0. The van der Waals surface area contributed by atoms with Crippen molar-refractivity contribution in [2.75, 3.05) is 31.5 Å². The molecule has 1 aromatic rings. The Labute approximate surface area is 166 Å². The van der Waals surface area contributed by atoms with Crippen molar-refractivity contribution >= 4 is 29.5 Å². The maximum Gasteiger partial charge on any atom is 0.246 e. The van der Waals surface area contributed by atoms with Gasteiger partial charge in [-0.05, 0) is 36.6 Å². The third kappa shape index (κ3) is 5.44. The monoisotopic (exact) mass is 383 g/mol. The Morgan fingerprint density at radius 2 is 1.54 bits per heavy atom. The first-order chi connectivity index (χ1) is 13.5. The fourth-order valence-electron chi connectivity index (χ4n) is 3.91. The van der Waals surface area contributed by atoms with Crippen molar-refractivity contribution in [3.05, 3.63) is 35.9 Å². The maximum absolute atomic E-state index is 12.6. The third-order valence-electron chi connectivity index (χ3n) is 5.51. The van der Waals surface area contributed by atoms with E-state index in [4.69, 9.17) is 0 Å². The number of benzene rings is 1. The third-order valence-corrected chi connectivity index (χ3v) is 5.51. The van der Waals surface area contributed by atoms with Gasteiger partial charge < -0.3 is 15.1 Å². The molecule has 2 fully saturated rings. The van der Waals surface area contributed by atoms with Crippen LogP contribution in [0.1, 0.15) is 44.6 Å². The highest BCUT2D eigenvalue weighted by Crippen LogP contribution is 2.25. The van der Waals surface area contributed by atoms with Gasteiger partial charge in [-0.1, -0.05) is 31.4 Å². The van der Waals surface area contributed by atoms with Gasteiger partial charge in [0.05, 0.1) is 0 Å². The highest BCUT2D eigenvalue weighted by molar-refractivity contribution is 5.92. The number of nitrogens with one attached hydrogen (secondary N) is 1. The molecule has 0 bridgehead atoms. The van der Waals surface area contributed by atoms with Gasteiger partial charge >= 0.3 is 0 Å². The van der Waals surface area contributed by atoms with Crippen molar-refractivity contribution in [2.45, 2.75) is 39.0 Å². The van der Waals surface area contributed by atoms with Gasteiger partial charge in [-0.3, -0.25) is 14.4 Å². The minimum absolute atomic E-state index is 0.0318. The van der Waals surface area contributed by atoms with Crippen LogP contribution in [-0.2, 0) is 14.4 Å². The summed E-state index contributed by atoms with van der Waals surface area (Å²) in [6.07, 6.45) is 8.94. The lowest BCUT2D eigenvalue weighted by molar-refractivity contribution is -0.141. The number of anilines is 1. The lowest BCUT2D eigenvalue weighted by Crippen LogP contribution is -2.51. The molecule has 150 valence electrons. The summed E-state index contributed by atoms with van der Waals surface area (Å²) in [6.45, 7) is 3.89. The second-order valence-electron chi connectivity index (χ2n) is 7.62. The molecule has 28 heavy (non-hydrogen) atoms. The molecule has 0 radical (unpaired) electrons. The summed E-state index contributed by atoms with van der Waals surface area (Å²) in [7, 11) is 0. The minimum atomic E-state index is -0.111. The lowest BCUT2D eigenvalue weighted by atomic mass is 9.88. The molecule has 1 N–H and O–H groups in total. The SMILES string of the molecule is CC(=O)Nc1ccc(/C=C/C(=O)N2CCN(C(=O)C3CCCCC3)CC2)cc1. The quantitative estimate of drug-likeness (QED) is 0.813. The molecule has 1 aromatic carbocycles. The molecule has 1 heterocycles. The Bertz CT molecular complexity index is 728. The largest absolute Gasteiger partial charge is 0.339 e. The van der Waals surface area contributed by atoms with Gasteiger partial charge in [0.25, 0.3) is 0 Å². The van der Waals surface area contributed by atoms with Gasteiger partial charge in [0, 0.05) is 50.8 Å². The summed E-state index contributed by atoms with van der Waals surface area (Å²) in [6, 6.07) is 7.33. The molecule has 1 saturated carbocycles. The van der Waals surface area contributed by atoms with Crippen LogP contribution in [0.2, 0.25) is 0 Å². The van der Waals surface area contributed by atoms with Crippen LogP contribution in [0, 0.1) is 5.92 Å². The summed E-state index contributed by atoms with van der Waals surface area (Å²) >= 11 is 0. The van der Waals surface area contributed by atoms with Crippen molar-refractivity contribution in [2.24, 2.45) is 5.92 Å². The molecule has 0 aromatic heterocycles. The van der Waals surface area contributed by atoms with Crippen molar-refractivity contribution in [1.82, 2.24) is 9.80 Å². The molecular weight excluding hydrogens is 354 g/mol. The van der Waals surface area contributed by atoms with Gasteiger partial charge in [-0.15, -0.1) is 0 Å². The fraction of sp³-hybridized carbons (Fsp3) is 0.500. The summed E-state index contributed by atoms with van der Waals surface area (Å²) in [4.78, 5) is 39.8. The van der Waals surface area contributed by atoms with Gasteiger partial charge in [-0.2, -0.15) is 0 Å². The molecule has 6 nitrogen and oxygen atoms in total. The van der Waals surface area contributed by atoms with E-state index in [0.29, 0.717) is 26.2 Å². The molecular formula is C22H29N3O3. The van der Waals surface area contributed by atoms with E-state index in [1.165, 1.54) is 13.3 Å². The molecule has 1 aliphatic carbocycles. The van der Waals surface area contributed by atoms with E-state index in [2.05, 4.69) is 5.32 Å². The van der Waals surface area contributed by atoms with Crippen LogP contribution in [0.4, 0.5) is 5.69 Å². The molecule has 1 aliphatic heterocycles. The van der Waals surface area contributed by atoms with Gasteiger partial charge in [0.15, 0.2) is 0 Å². The van der Waals surface area contributed by atoms with E-state index < -0.39 is 0 Å². The highest BCUT2D eigenvalue weighted by Gasteiger charge is 2.29. The van der Waals surface area contributed by atoms with E-state index >= 15 is 0 Å². The Morgan fingerprint density at radius 1 is 0.929 bits per heavy atom. The number of hydrogen-bond acceptors (Lipinski definition) is 3. The number of piperazine rings is 1. The standard InChI is InChI=1S/C22H29N3O3/c1-17(26)23-20-10-7-18(8-11-20)9-12-21(27)24-13-15-25(16-14-24)22(28)19-5-3-2-4-6-19/h7-12,19H,2-6,13-16H2,1H3,(H,23,26)/b12-9+. The van der Waals surface area contributed by atoms with E-state index in [1.807, 2.05) is 17.0 Å². The first-order valence-corrected chi connectivity index (χ1v) is 10.2. The molecule has 2 aliphatic rings. The molecule has 3 amide bonds. The predicted molar refractivity (Wildman–Crippen MR) is 110 cm³/mol. The average Bonchev–Trinajstić information content (AvgIpc) is 2.73. The highest BCUT2D eigenvalue weighted by atomic mass is 16.2. The van der Waals surface area contributed by atoms with Crippen LogP contribution in [0.5, 0.6) is 0 Å². The fourth-order valence-corrected chi connectivity index (χ4v) is 3.91. The zero-order valence-electron chi connectivity index (χ0n) is 16.5. The summed E-state index contributed by atoms with van der Waals surface area (Å²) in [5, 5.41) is 2.71. The van der Waals surface area contributed by atoms with Crippen LogP contribution in [0.15, 0.2) is 30.3 Å². The van der Waals surface area contributed by atoms with Gasteiger partial charge in [0.1, 0.15) is 0 Å². The van der Waals surface area contributed by atoms with Crippen LogP contribution in [0.25, 0.3) is 6.08 Å². The first kappa shape index (κ1) is 20.1. The molecule has 0 atom stereocenters. The minimum Gasteiger partial charge on any atom is -0.339 e. The van der Waals surface area contributed by atoms with Gasteiger partial charge in [-0.25, -0.2) is 0 Å². The van der Waals surface area contributed by atoms with Crippen LogP contribution in [0.3, 0.4) is 0 Å². The second-order valence-corrected chi connectivity index (χ2v) is 7.62.